The first kappa shape index (κ1) is 16.5. The lowest BCUT2D eigenvalue weighted by molar-refractivity contribution is -0.384. The molecule has 2 unspecified atom stereocenters. The second-order valence-electron chi connectivity index (χ2n) is 4.95. The topological polar surface area (TPSA) is 118 Å². The van der Waals surface area contributed by atoms with Gasteiger partial charge in [-0.3, -0.25) is 10.1 Å². The first-order chi connectivity index (χ1) is 10.9. The van der Waals surface area contributed by atoms with Crippen molar-refractivity contribution in [2.45, 2.75) is 19.1 Å². The van der Waals surface area contributed by atoms with Gasteiger partial charge in [-0.2, -0.15) is 4.98 Å². The highest BCUT2D eigenvalue weighted by atomic mass is 16.6. The Balaban J connectivity index is 2.23. The number of hydrogen-bond donors (Lipinski definition) is 3. The third-order valence-corrected chi connectivity index (χ3v) is 3.33. The van der Waals surface area contributed by atoms with Gasteiger partial charge in [-0.15, -0.1) is 0 Å². The molecule has 8 heteroatoms. The quantitative estimate of drug-likeness (QED) is 0.552. The Bertz CT molecular complexity index is 690. The van der Waals surface area contributed by atoms with E-state index in [1.165, 1.54) is 31.4 Å². The van der Waals surface area contributed by atoms with Crippen LogP contribution in [0.4, 0.5) is 11.5 Å². The predicted octanol–water partition coefficient (Wildman–Crippen LogP) is 2.24. The average Bonchev–Trinajstić information content (AvgIpc) is 2.54. The van der Waals surface area contributed by atoms with Crippen LogP contribution in [0.5, 0.6) is 11.6 Å². The van der Waals surface area contributed by atoms with Crippen molar-refractivity contribution in [3.8, 4) is 11.6 Å². The standard InChI is InChI=1S/C15H17N3O5/c1-9(14(20)10-3-5-11(19)6-4-10)16-15-12(18(21)22)7-8-13(17-15)23-2/h3-9,14,19-20H,1-2H3,(H,16,17). The molecule has 0 saturated heterocycles. The fraction of sp³-hybridized carbons (Fsp3) is 0.267. The van der Waals surface area contributed by atoms with E-state index in [9.17, 15) is 20.3 Å². The maximum atomic E-state index is 11.1. The lowest BCUT2D eigenvalue weighted by Gasteiger charge is -2.21. The normalized spacial score (nSPS) is 13.2. The molecule has 2 atom stereocenters. The number of hydrogen-bond acceptors (Lipinski definition) is 7. The van der Waals surface area contributed by atoms with Gasteiger partial charge in [-0.1, -0.05) is 12.1 Å². The summed E-state index contributed by atoms with van der Waals surface area (Å²) in [5, 5.41) is 33.5. The Morgan fingerprint density at radius 3 is 2.48 bits per heavy atom. The minimum Gasteiger partial charge on any atom is -0.508 e. The molecular weight excluding hydrogens is 302 g/mol. The van der Waals surface area contributed by atoms with Gasteiger partial charge in [0.2, 0.25) is 11.7 Å². The number of anilines is 1. The van der Waals surface area contributed by atoms with Gasteiger partial charge in [-0.25, -0.2) is 0 Å². The molecule has 0 saturated carbocycles. The minimum absolute atomic E-state index is 0.0136. The predicted molar refractivity (Wildman–Crippen MR) is 83.6 cm³/mol. The highest BCUT2D eigenvalue weighted by Gasteiger charge is 2.22. The van der Waals surface area contributed by atoms with Gasteiger partial charge >= 0.3 is 5.69 Å². The molecule has 0 bridgehead atoms. The molecular formula is C15H17N3O5. The van der Waals surface area contributed by atoms with Crippen molar-refractivity contribution >= 4 is 11.5 Å². The summed E-state index contributed by atoms with van der Waals surface area (Å²) in [6.45, 7) is 1.67. The average molecular weight is 319 g/mol. The maximum Gasteiger partial charge on any atom is 0.311 e. The number of rotatable bonds is 6. The molecule has 2 rings (SSSR count). The second kappa shape index (κ2) is 6.93. The molecule has 1 aromatic carbocycles. The fourth-order valence-corrected chi connectivity index (χ4v) is 2.06. The number of aliphatic hydroxyl groups is 1. The largest absolute Gasteiger partial charge is 0.508 e. The molecule has 0 amide bonds. The van der Waals surface area contributed by atoms with Crippen molar-refractivity contribution in [2.75, 3.05) is 12.4 Å². The van der Waals surface area contributed by atoms with Crippen LogP contribution in [-0.2, 0) is 0 Å². The monoisotopic (exact) mass is 319 g/mol. The summed E-state index contributed by atoms with van der Waals surface area (Å²) in [5.41, 5.74) is 0.351. The van der Waals surface area contributed by atoms with Crippen molar-refractivity contribution in [1.82, 2.24) is 4.98 Å². The summed E-state index contributed by atoms with van der Waals surface area (Å²) < 4.78 is 4.97. The van der Waals surface area contributed by atoms with Crippen molar-refractivity contribution in [1.29, 1.82) is 0 Å². The van der Waals surface area contributed by atoms with Crippen LogP contribution < -0.4 is 10.1 Å². The van der Waals surface area contributed by atoms with Crippen molar-refractivity contribution in [2.24, 2.45) is 0 Å². The van der Waals surface area contributed by atoms with Crippen LogP contribution in [0.15, 0.2) is 36.4 Å². The van der Waals surface area contributed by atoms with E-state index in [2.05, 4.69) is 10.3 Å². The highest BCUT2D eigenvalue weighted by Crippen LogP contribution is 2.28. The summed E-state index contributed by atoms with van der Waals surface area (Å²) in [7, 11) is 1.41. The van der Waals surface area contributed by atoms with Crippen LogP contribution in [0.1, 0.15) is 18.6 Å². The molecule has 0 radical (unpaired) electrons. The zero-order valence-corrected chi connectivity index (χ0v) is 12.6. The number of aromatic hydroxyl groups is 1. The molecule has 122 valence electrons. The van der Waals surface area contributed by atoms with E-state index in [0.29, 0.717) is 5.56 Å². The number of nitrogens with one attached hydrogen (secondary N) is 1. The Labute approximate surface area is 132 Å². The maximum absolute atomic E-state index is 11.1. The summed E-state index contributed by atoms with van der Waals surface area (Å²) in [4.78, 5) is 14.5. The zero-order valence-electron chi connectivity index (χ0n) is 12.6. The van der Waals surface area contributed by atoms with Gasteiger partial charge in [0.15, 0.2) is 0 Å². The Hall–Kier alpha value is -2.87. The molecule has 0 aliphatic carbocycles. The van der Waals surface area contributed by atoms with Gasteiger partial charge < -0.3 is 20.3 Å². The molecule has 8 nitrogen and oxygen atoms in total. The number of ether oxygens (including phenoxy) is 1. The van der Waals surface area contributed by atoms with E-state index < -0.39 is 17.1 Å². The fourth-order valence-electron chi connectivity index (χ4n) is 2.06. The highest BCUT2D eigenvalue weighted by molar-refractivity contribution is 5.57. The Morgan fingerprint density at radius 2 is 1.91 bits per heavy atom. The zero-order chi connectivity index (χ0) is 17.0. The van der Waals surface area contributed by atoms with Crippen LogP contribution in [0.2, 0.25) is 0 Å². The number of methoxy groups -OCH3 is 1. The van der Waals surface area contributed by atoms with Crippen molar-refractivity contribution in [3.63, 3.8) is 0 Å². The number of phenols is 1. The van der Waals surface area contributed by atoms with Gasteiger partial charge in [0.25, 0.3) is 0 Å². The molecule has 0 aliphatic heterocycles. The van der Waals surface area contributed by atoms with Gasteiger partial charge in [0, 0.05) is 12.1 Å². The number of aromatic nitrogens is 1. The molecule has 1 heterocycles. The lowest BCUT2D eigenvalue weighted by Crippen LogP contribution is -2.25. The molecule has 0 spiro atoms. The number of pyridine rings is 1. The number of benzene rings is 1. The van der Waals surface area contributed by atoms with Crippen LogP contribution in [0.25, 0.3) is 0 Å². The third kappa shape index (κ3) is 3.86. The number of nitro groups is 1. The van der Waals surface area contributed by atoms with Crippen LogP contribution >= 0.6 is 0 Å². The summed E-state index contributed by atoms with van der Waals surface area (Å²) in [5.74, 6) is 0.329. The number of aliphatic hydroxyl groups excluding tert-OH is 1. The van der Waals surface area contributed by atoms with Crippen LogP contribution in [0, 0.1) is 10.1 Å². The molecule has 23 heavy (non-hydrogen) atoms. The summed E-state index contributed by atoms with van der Waals surface area (Å²) >= 11 is 0. The summed E-state index contributed by atoms with van der Waals surface area (Å²) in [6, 6.07) is 8.18. The molecule has 0 fully saturated rings. The number of nitrogens with zero attached hydrogens (tertiary/aromatic N) is 2. The third-order valence-electron chi connectivity index (χ3n) is 3.33. The van der Waals surface area contributed by atoms with Crippen molar-refractivity contribution in [3.05, 3.63) is 52.1 Å². The SMILES string of the molecule is COc1ccc([N+](=O)[O-])c(NC(C)C(O)c2ccc(O)cc2)n1. The molecule has 2 aromatic rings. The van der Waals surface area contributed by atoms with E-state index in [-0.39, 0.29) is 23.1 Å². The van der Waals surface area contributed by atoms with E-state index >= 15 is 0 Å². The van der Waals surface area contributed by atoms with E-state index in [1.807, 2.05) is 0 Å². The van der Waals surface area contributed by atoms with Crippen molar-refractivity contribution < 1.29 is 19.9 Å². The molecule has 0 aliphatic rings. The first-order valence-electron chi connectivity index (χ1n) is 6.85. The first-order valence-corrected chi connectivity index (χ1v) is 6.85. The van der Waals surface area contributed by atoms with E-state index in [4.69, 9.17) is 4.74 Å². The summed E-state index contributed by atoms with van der Waals surface area (Å²) in [6.07, 6.45) is -0.941. The van der Waals surface area contributed by atoms with Crippen LogP contribution in [-0.4, -0.2) is 33.3 Å². The molecule has 3 N–H and O–H groups in total. The minimum atomic E-state index is -0.941. The van der Waals surface area contributed by atoms with Gasteiger partial charge in [0.05, 0.1) is 24.2 Å². The number of phenolic OH excluding ortho intramolecular Hbond substituents is 1. The second-order valence-corrected chi connectivity index (χ2v) is 4.95. The lowest BCUT2D eigenvalue weighted by atomic mass is 10.0. The van der Waals surface area contributed by atoms with Gasteiger partial charge in [-0.05, 0) is 24.6 Å². The van der Waals surface area contributed by atoms with E-state index in [0.717, 1.165) is 0 Å². The van der Waals surface area contributed by atoms with Crippen LogP contribution in [0.3, 0.4) is 0 Å². The van der Waals surface area contributed by atoms with E-state index in [1.54, 1.807) is 19.1 Å². The Kier molecular flexibility index (Phi) is 4.97. The smallest absolute Gasteiger partial charge is 0.311 e. The Morgan fingerprint density at radius 1 is 1.26 bits per heavy atom. The van der Waals surface area contributed by atoms with Gasteiger partial charge in [0.1, 0.15) is 5.75 Å². The molecule has 1 aromatic heterocycles.